The number of amides is 1. The smallest absolute Gasteiger partial charge is 0.244 e. The van der Waals surface area contributed by atoms with E-state index < -0.39 is 0 Å². The number of rotatable bonds is 5. The normalized spacial score (nSPS) is 22.8. The Kier molecular flexibility index (Phi) is 5.69. The standard InChI is InChI=1S/C18H27N3O2S/c1-14(19-17(22)6-5-16-13-24-15(2)20-16)18(7-3-4-8-18)21-9-11-23-12-10-21/h5-6,13-14H,3-4,7-12H2,1-2H3,(H,19,22)/b6-5-/t14-/m1/s1. The molecule has 6 heteroatoms. The topological polar surface area (TPSA) is 54.5 Å². The number of hydrogen-bond acceptors (Lipinski definition) is 5. The number of morpholine rings is 1. The number of nitrogens with one attached hydrogen (secondary N) is 1. The van der Waals surface area contributed by atoms with Gasteiger partial charge in [-0.1, -0.05) is 12.8 Å². The Morgan fingerprint density at radius 2 is 2.12 bits per heavy atom. The molecule has 0 bridgehead atoms. The van der Waals surface area contributed by atoms with Crippen LogP contribution in [0.2, 0.25) is 0 Å². The van der Waals surface area contributed by atoms with Crippen molar-refractivity contribution in [1.82, 2.24) is 15.2 Å². The molecule has 0 radical (unpaired) electrons. The summed E-state index contributed by atoms with van der Waals surface area (Å²) >= 11 is 1.60. The van der Waals surface area contributed by atoms with Gasteiger partial charge in [-0.3, -0.25) is 9.69 Å². The molecule has 2 fully saturated rings. The molecule has 1 N–H and O–H groups in total. The molecular formula is C18H27N3O2S. The summed E-state index contributed by atoms with van der Waals surface area (Å²) in [6.45, 7) is 7.65. The van der Waals surface area contributed by atoms with E-state index in [0.717, 1.165) is 49.8 Å². The van der Waals surface area contributed by atoms with Gasteiger partial charge in [-0.05, 0) is 32.8 Å². The Balaban J connectivity index is 1.63. The summed E-state index contributed by atoms with van der Waals surface area (Å²) in [5.41, 5.74) is 0.939. The maximum Gasteiger partial charge on any atom is 0.244 e. The summed E-state index contributed by atoms with van der Waals surface area (Å²) in [6, 6.07) is 0.132. The van der Waals surface area contributed by atoms with Crippen LogP contribution in [0.15, 0.2) is 11.5 Å². The number of aromatic nitrogens is 1. The Hall–Kier alpha value is -1.24. The van der Waals surface area contributed by atoms with Gasteiger partial charge in [-0.2, -0.15) is 0 Å². The van der Waals surface area contributed by atoms with Crippen molar-refractivity contribution in [2.45, 2.75) is 51.1 Å². The quantitative estimate of drug-likeness (QED) is 0.830. The minimum atomic E-state index is -0.0345. The van der Waals surface area contributed by atoms with Crippen LogP contribution < -0.4 is 5.32 Å². The van der Waals surface area contributed by atoms with Crippen LogP contribution in [-0.4, -0.2) is 53.7 Å². The second-order valence-electron chi connectivity index (χ2n) is 6.77. The highest BCUT2D eigenvalue weighted by Gasteiger charge is 2.44. The van der Waals surface area contributed by atoms with Crippen molar-refractivity contribution in [3.8, 4) is 0 Å². The molecule has 1 aliphatic carbocycles. The number of aryl methyl sites for hydroxylation is 1. The van der Waals surface area contributed by atoms with Crippen molar-refractivity contribution < 1.29 is 9.53 Å². The zero-order valence-electron chi connectivity index (χ0n) is 14.6. The second-order valence-corrected chi connectivity index (χ2v) is 7.83. The molecule has 1 saturated heterocycles. The van der Waals surface area contributed by atoms with Gasteiger partial charge in [0.1, 0.15) is 0 Å². The van der Waals surface area contributed by atoms with Crippen LogP contribution in [0, 0.1) is 6.92 Å². The van der Waals surface area contributed by atoms with Crippen LogP contribution in [0.1, 0.15) is 43.3 Å². The fourth-order valence-corrected chi connectivity index (χ4v) is 4.61. The van der Waals surface area contributed by atoms with Crippen molar-refractivity contribution in [3.63, 3.8) is 0 Å². The highest BCUT2D eigenvalue weighted by atomic mass is 32.1. The summed E-state index contributed by atoms with van der Waals surface area (Å²) in [6.07, 6.45) is 8.19. The summed E-state index contributed by atoms with van der Waals surface area (Å²) in [5, 5.41) is 6.19. The van der Waals surface area contributed by atoms with Crippen LogP contribution in [0.3, 0.4) is 0 Å². The summed E-state index contributed by atoms with van der Waals surface area (Å²) in [5.74, 6) is -0.0345. The maximum absolute atomic E-state index is 12.3. The van der Waals surface area contributed by atoms with E-state index in [2.05, 4.69) is 22.1 Å². The van der Waals surface area contributed by atoms with Gasteiger partial charge in [0.25, 0.3) is 0 Å². The molecule has 3 rings (SSSR count). The second kappa shape index (κ2) is 7.76. The van der Waals surface area contributed by atoms with Gasteiger partial charge in [0.2, 0.25) is 5.91 Å². The molecule has 132 valence electrons. The summed E-state index contributed by atoms with van der Waals surface area (Å²) < 4.78 is 5.51. The average molecular weight is 350 g/mol. The summed E-state index contributed by atoms with van der Waals surface area (Å²) in [7, 11) is 0. The lowest BCUT2D eigenvalue weighted by Crippen LogP contribution is -2.62. The first-order valence-electron chi connectivity index (χ1n) is 8.84. The van der Waals surface area contributed by atoms with E-state index in [1.165, 1.54) is 12.8 Å². The van der Waals surface area contributed by atoms with Crippen molar-refractivity contribution in [3.05, 3.63) is 22.2 Å². The molecular weight excluding hydrogens is 322 g/mol. The van der Waals surface area contributed by atoms with Crippen molar-refractivity contribution in [1.29, 1.82) is 0 Å². The molecule has 1 atom stereocenters. The fraction of sp³-hybridized carbons (Fsp3) is 0.667. The lowest BCUT2D eigenvalue weighted by Gasteiger charge is -2.47. The molecule has 1 saturated carbocycles. The lowest BCUT2D eigenvalue weighted by molar-refractivity contribution is -0.118. The average Bonchev–Trinajstić information content (AvgIpc) is 3.23. The highest BCUT2D eigenvalue weighted by molar-refractivity contribution is 7.09. The molecule has 0 aromatic carbocycles. The van der Waals surface area contributed by atoms with Gasteiger partial charge in [-0.25, -0.2) is 4.98 Å². The Morgan fingerprint density at radius 1 is 1.42 bits per heavy atom. The van der Waals surface area contributed by atoms with Crippen molar-refractivity contribution in [2.24, 2.45) is 0 Å². The number of ether oxygens (including phenoxy) is 1. The highest BCUT2D eigenvalue weighted by Crippen LogP contribution is 2.38. The number of thiazole rings is 1. The Bertz CT molecular complexity index is 587. The number of carbonyl (C=O) groups excluding carboxylic acids is 1. The molecule has 5 nitrogen and oxygen atoms in total. The molecule has 1 aliphatic heterocycles. The Morgan fingerprint density at radius 3 is 2.75 bits per heavy atom. The zero-order valence-corrected chi connectivity index (χ0v) is 15.4. The molecule has 0 unspecified atom stereocenters. The summed E-state index contributed by atoms with van der Waals surface area (Å²) in [4.78, 5) is 19.2. The van der Waals surface area contributed by atoms with Gasteiger partial charge in [0.05, 0.1) is 23.9 Å². The first kappa shape index (κ1) is 17.6. The zero-order chi connectivity index (χ0) is 17.0. The molecule has 1 aromatic rings. The van der Waals surface area contributed by atoms with Crippen molar-refractivity contribution >= 4 is 23.3 Å². The van der Waals surface area contributed by atoms with Gasteiger partial charge < -0.3 is 10.1 Å². The van der Waals surface area contributed by atoms with E-state index in [1.807, 2.05) is 12.3 Å². The molecule has 0 spiro atoms. The third-order valence-corrected chi connectivity index (χ3v) is 6.11. The van der Waals surface area contributed by atoms with E-state index in [4.69, 9.17) is 4.74 Å². The molecule has 24 heavy (non-hydrogen) atoms. The van der Waals surface area contributed by atoms with E-state index in [9.17, 15) is 4.79 Å². The van der Waals surface area contributed by atoms with Crippen LogP contribution in [0.25, 0.3) is 6.08 Å². The minimum Gasteiger partial charge on any atom is -0.379 e. The third kappa shape index (κ3) is 3.87. The predicted octanol–water partition coefficient (Wildman–Crippen LogP) is 2.61. The first-order valence-corrected chi connectivity index (χ1v) is 9.72. The number of carbonyl (C=O) groups is 1. The molecule has 2 heterocycles. The monoisotopic (exact) mass is 349 g/mol. The molecule has 1 aromatic heterocycles. The van der Waals surface area contributed by atoms with E-state index in [1.54, 1.807) is 23.5 Å². The van der Waals surface area contributed by atoms with Crippen LogP contribution in [0.4, 0.5) is 0 Å². The van der Waals surface area contributed by atoms with Crippen LogP contribution in [0.5, 0.6) is 0 Å². The van der Waals surface area contributed by atoms with E-state index >= 15 is 0 Å². The predicted molar refractivity (Wildman–Crippen MR) is 97.1 cm³/mol. The number of hydrogen-bond donors (Lipinski definition) is 1. The van der Waals surface area contributed by atoms with E-state index in [-0.39, 0.29) is 17.5 Å². The largest absolute Gasteiger partial charge is 0.379 e. The fourth-order valence-electron chi connectivity index (χ4n) is 4.03. The van der Waals surface area contributed by atoms with Crippen molar-refractivity contribution in [2.75, 3.05) is 26.3 Å². The Labute approximate surface area is 148 Å². The first-order chi connectivity index (χ1) is 11.6. The van der Waals surface area contributed by atoms with Crippen LogP contribution >= 0.6 is 11.3 Å². The third-order valence-electron chi connectivity index (χ3n) is 5.32. The van der Waals surface area contributed by atoms with Gasteiger partial charge in [0, 0.05) is 36.1 Å². The number of nitrogens with zero attached hydrogens (tertiary/aromatic N) is 2. The maximum atomic E-state index is 12.3. The van der Waals surface area contributed by atoms with Gasteiger partial charge in [0.15, 0.2) is 0 Å². The molecule has 2 aliphatic rings. The minimum absolute atomic E-state index is 0.0345. The SMILES string of the molecule is Cc1nc(/C=C\C(=O)N[C@H](C)C2(N3CCOCC3)CCCC2)cs1. The van der Waals surface area contributed by atoms with Gasteiger partial charge in [-0.15, -0.1) is 11.3 Å². The lowest BCUT2D eigenvalue weighted by atomic mass is 9.86. The molecule has 1 amide bonds. The van der Waals surface area contributed by atoms with E-state index in [0.29, 0.717) is 0 Å². The van der Waals surface area contributed by atoms with Gasteiger partial charge >= 0.3 is 0 Å². The van der Waals surface area contributed by atoms with Crippen LogP contribution in [-0.2, 0) is 9.53 Å².